The van der Waals surface area contributed by atoms with E-state index in [0.717, 1.165) is 22.2 Å². The van der Waals surface area contributed by atoms with Crippen molar-refractivity contribution in [3.05, 3.63) is 64.9 Å². The highest BCUT2D eigenvalue weighted by Crippen LogP contribution is 2.29. The number of aryl methyl sites for hydroxylation is 2. The highest BCUT2D eigenvalue weighted by Gasteiger charge is 2.08. The molecule has 116 valence electrons. The van der Waals surface area contributed by atoms with Crippen molar-refractivity contribution in [1.29, 1.82) is 0 Å². The van der Waals surface area contributed by atoms with E-state index in [1.54, 1.807) is 13.0 Å². The first-order valence-electron chi connectivity index (χ1n) is 7.56. The summed E-state index contributed by atoms with van der Waals surface area (Å²) < 4.78 is 0. The summed E-state index contributed by atoms with van der Waals surface area (Å²) in [5.41, 5.74) is 6.97. The molecule has 0 saturated carbocycles. The van der Waals surface area contributed by atoms with E-state index < -0.39 is 5.97 Å². The van der Waals surface area contributed by atoms with Gasteiger partial charge in [0, 0.05) is 17.3 Å². The molecular weight excluding hydrogens is 286 g/mol. The zero-order chi connectivity index (χ0) is 16.6. The Morgan fingerprint density at radius 2 is 1.87 bits per heavy atom. The second-order valence-corrected chi connectivity index (χ2v) is 5.94. The maximum Gasteiger partial charge on any atom is 0.331 e. The number of rotatable bonds is 3. The number of aromatic nitrogens is 1. The third-order valence-electron chi connectivity index (χ3n) is 4.19. The maximum absolute atomic E-state index is 11.0. The summed E-state index contributed by atoms with van der Waals surface area (Å²) in [6, 6.07) is 12.6. The summed E-state index contributed by atoms with van der Waals surface area (Å²) >= 11 is 0. The van der Waals surface area contributed by atoms with Crippen molar-refractivity contribution in [2.45, 2.75) is 20.8 Å². The third kappa shape index (κ3) is 2.90. The van der Waals surface area contributed by atoms with Crippen LogP contribution in [0.15, 0.2) is 48.2 Å². The van der Waals surface area contributed by atoms with Gasteiger partial charge in [-0.05, 0) is 78.2 Å². The van der Waals surface area contributed by atoms with E-state index in [4.69, 9.17) is 5.11 Å². The smallest absolute Gasteiger partial charge is 0.331 e. The molecule has 0 amide bonds. The Morgan fingerprint density at radius 1 is 1.09 bits per heavy atom. The van der Waals surface area contributed by atoms with E-state index in [1.165, 1.54) is 16.5 Å². The topological polar surface area (TPSA) is 53.1 Å². The average Bonchev–Trinajstić information content (AvgIpc) is 2.97. The van der Waals surface area contributed by atoms with Crippen LogP contribution in [0.25, 0.3) is 28.1 Å². The average molecular weight is 305 g/mol. The van der Waals surface area contributed by atoms with E-state index >= 15 is 0 Å². The van der Waals surface area contributed by atoms with Gasteiger partial charge in [0.25, 0.3) is 0 Å². The van der Waals surface area contributed by atoms with E-state index in [0.29, 0.717) is 5.57 Å². The normalized spacial score (nSPS) is 11.9. The van der Waals surface area contributed by atoms with Crippen LogP contribution in [-0.4, -0.2) is 16.1 Å². The summed E-state index contributed by atoms with van der Waals surface area (Å²) in [6.07, 6.45) is 3.67. The van der Waals surface area contributed by atoms with Crippen LogP contribution < -0.4 is 0 Å². The number of aliphatic carboxylic acids is 1. The summed E-state index contributed by atoms with van der Waals surface area (Å²) in [7, 11) is 0. The van der Waals surface area contributed by atoms with Gasteiger partial charge in [0.2, 0.25) is 0 Å². The number of H-pyrrole nitrogens is 1. The van der Waals surface area contributed by atoms with Crippen LogP contribution in [-0.2, 0) is 4.79 Å². The number of nitrogens with one attached hydrogen (secondary N) is 1. The molecule has 0 fully saturated rings. The molecule has 3 rings (SSSR count). The molecule has 0 spiro atoms. The molecule has 2 N–H and O–H groups in total. The lowest BCUT2D eigenvalue weighted by molar-refractivity contribution is -0.132. The molecule has 2 aromatic carbocycles. The molecule has 0 aliphatic carbocycles. The molecule has 0 unspecified atom stereocenters. The van der Waals surface area contributed by atoms with Gasteiger partial charge in [0.1, 0.15) is 0 Å². The van der Waals surface area contributed by atoms with Gasteiger partial charge >= 0.3 is 5.97 Å². The van der Waals surface area contributed by atoms with Crippen molar-refractivity contribution in [2.75, 3.05) is 0 Å². The fourth-order valence-corrected chi connectivity index (χ4v) is 2.82. The van der Waals surface area contributed by atoms with E-state index in [2.05, 4.69) is 48.3 Å². The van der Waals surface area contributed by atoms with Gasteiger partial charge in [-0.1, -0.05) is 18.2 Å². The molecule has 3 nitrogen and oxygen atoms in total. The molecule has 3 heteroatoms. The Morgan fingerprint density at radius 3 is 2.61 bits per heavy atom. The summed E-state index contributed by atoms with van der Waals surface area (Å²) in [4.78, 5) is 14.2. The van der Waals surface area contributed by atoms with Crippen molar-refractivity contribution in [2.24, 2.45) is 0 Å². The Balaban J connectivity index is 2.09. The number of carboxylic acids is 1. The van der Waals surface area contributed by atoms with Gasteiger partial charge in [-0.25, -0.2) is 4.79 Å². The van der Waals surface area contributed by atoms with Gasteiger partial charge in [0.15, 0.2) is 0 Å². The summed E-state index contributed by atoms with van der Waals surface area (Å²) in [6.45, 7) is 5.69. The van der Waals surface area contributed by atoms with Gasteiger partial charge < -0.3 is 10.1 Å². The van der Waals surface area contributed by atoms with Gasteiger partial charge in [0.05, 0.1) is 0 Å². The SMILES string of the molecule is C/C(=C\c1cc(C)c(-c2ccc3[nH]ccc3c2)cc1C)C(=O)O. The first-order chi connectivity index (χ1) is 11.0. The minimum absolute atomic E-state index is 0.342. The molecule has 0 saturated heterocycles. The molecule has 0 atom stereocenters. The summed E-state index contributed by atoms with van der Waals surface area (Å²) in [5.74, 6) is -0.885. The van der Waals surface area contributed by atoms with Crippen LogP contribution in [0.1, 0.15) is 23.6 Å². The fourth-order valence-electron chi connectivity index (χ4n) is 2.82. The number of benzene rings is 2. The van der Waals surface area contributed by atoms with Gasteiger partial charge in [-0.3, -0.25) is 0 Å². The van der Waals surface area contributed by atoms with Crippen LogP contribution in [0.4, 0.5) is 0 Å². The van der Waals surface area contributed by atoms with Gasteiger partial charge in [-0.15, -0.1) is 0 Å². The summed E-state index contributed by atoms with van der Waals surface area (Å²) in [5, 5.41) is 10.2. The predicted octanol–water partition coefficient (Wildman–Crippen LogP) is 4.94. The molecule has 0 radical (unpaired) electrons. The first-order valence-corrected chi connectivity index (χ1v) is 7.56. The van der Waals surface area contributed by atoms with Crippen LogP contribution in [0.3, 0.4) is 0 Å². The Kier molecular flexibility index (Phi) is 3.78. The lowest BCUT2D eigenvalue weighted by Crippen LogP contribution is -1.97. The minimum Gasteiger partial charge on any atom is -0.478 e. The standard InChI is InChI=1S/C20H19NO2/c1-12-10-18(13(2)8-17(12)9-14(3)20(22)23)15-4-5-19-16(11-15)6-7-21-19/h4-11,21H,1-3H3,(H,22,23)/b14-9+. The molecule has 1 aromatic heterocycles. The molecule has 23 heavy (non-hydrogen) atoms. The van der Waals surface area contributed by atoms with Crippen molar-refractivity contribution < 1.29 is 9.90 Å². The maximum atomic E-state index is 11.0. The Labute approximate surface area is 135 Å². The van der Waals surface area contributed by atoms with Crippen molar-refractivity contribution in [3.8, 4) is 11.1 Å². The molecule has 0 bridgehead atoms. The predicted molar refractivity (Wildman–Crippen MR) is 94.5 cm³/mol. The zero-order valence-corrected chi connectivity index (χ0v) is 13.5. The lowest BCUT2D eigenvalue weighted by atomic mass is 9.93. The highest BCUT2D eigenvalue weighted by atomic mass is 16.4. The zero-order valence-electron chi connectivity index (χ0n) is 13.5. The van der Waals surface area contributed by atoms with E-state index in [1.807, 2.05) is 13.1 Å². The monoisotopic (exact) mass is 305 g/mol. The Hall–Kier alpha value is -2.81. The Bertz CT molecular complexity index is 932. The minimum atomic E-state index is -0.885. The van der Waals surface area contributed by atoms with Crippen molar-refractivity contribution in [3.63, 3.8) is 0 Å². The van der Waals surface area contributed by atoms with E-state index in [9.17, 15) is 4.79 Å². The largest absolute Gasteiger partial charge is 0.478 e. The van der Waals surface area contributed by atoms with Crippen LogP contribution >= 0.6 is 0 Å². The van der Waals surface area contributed by atoms with E-state index in [-0.39, 0.29) is 0 Å². The number of carboxylic acid groups (broad SMARTS) is 1. The second kappa shape index (κ2) is 5.76. The molecule has 0 aliphatic heterocycles. The number of hydrogen-bond acceptors (Lipinski definition) is 1. The van der Waals surface area contributed by atoms with Crippen molar-refractivity contribution >= 4 is 22.9 Å². The first kappa shape index (κ1) is 15.1. The molecule has 0 aliphatic rings. The number of carbonyl (C=O) groups is 1. The van der Waals surface area contributed by atoms with Gasteiger partial charge in [-0.2, -0.15) is 0 Å². The molecule has 1 heterocycles. The van der Waals surface area contributed by atoms with Crippen molar-refractivity contribution in [1.82, 2.24) is 4.98 Å². The number of hydrogen-bond donors (Lipinski definition) is 2. The third-order valence-corrected chi connectivity index (χ3v) is 4.19. The quantitative estimate of drug-likeness (QED) is 0.673. The highest BCUT2D eigenvalue weighted by molar-refractivity contribution is 5.92. The van der Waals surface area contributed by atoms with Crippen LogP contribution in [0.2, 0.25) is 0 Å². The van der Waals surface area contributed by atoms with Crippen LogP contribution in [0, 0.1) is 13.8 Å². The molecule has 3 aromatic rings. The molecular formula is C20H19NO2. The lowest BCUT2D eigenvalue weighted by Gasteiger charge is -2.11. The van der Waals surface area contributed by atoms with Crippen LogP contribution in [0.5, 0.6) is 0 Å². The fraction of sp³-hybridized carbons (Fsp3) is 0.150. The number of aromatic amines is 1. The number of fused-ring (bicyclic) bond motifs is 1. The second-order valence-electron chi connectivity index (χ2n) is 5.94.